The van der Waals surface area contributed by atoms with Gasteiger partial charge in [0.15, 0.2) is 11.5 Å². The Hall–Kier alpha value is -2.24. The molecule has 0 spiro atoms. The van der Waals surface area contributed by atoms with Crippen LogP contribution < -0.4 is 14.4 Å². The van der Waals surface area contributed by atoms with Crippen LogP contribution in [0.3, 0.4) is 0 Å². The topological polar surface area (TPSA) is 69.0 Å². The van der Waals surface area contributed by atoms with Crippen molar-refractivity contribution in [1.29, 1.82) is 5.26 Å². The molecule has 1 aliphatic heterocycles. The summed E-state index contributed by atoms with van der Waals surface area (Å²) in [5, 5.41) is 19.9. The van der Waals surface area contributed by atoms with Gasteiger partial charge in [-0.1, -0.05) is 0 Å². The number of halogens is 1. The molecule has 29 heavy (non-hydrogen) atoms. The van der Waals surface area contributed by atoms with Crippen molar-refractivity contribution in [3.63, 3.8) is 0 Å². The molecule has 3 rings (SSSR count). The Labute approximate surface area is 182 Å². The number of anilines is 1. The van der Waals surface area contributed by atoms with Crippen molar-refractivity contribution in [2.45, 2.75) is 0 Å². The quantitative estimate of drug-likeness (QED) is 0.672. The zero-order valence-corrected chi connectivity index (χ0v) is 18.3. The number of nitrogens with zero attached hydrogens (tertiary/aromatic N) is 3. The number of hydrogen-bond acceptors (Lipinski definition) is 7. The lowest BCUT2D eigenvalue weighted by Crippen LogP contribution is -2.46. The van der Waals surface area contributed by atoms with Crippen molar-refractivity contribution in [2.75, 3.05) is 58.5 Å². The summed E-state index contributed by atoms with van der Waals surface area (Å²) < 4.78 is 10.6. The molecule has 2 aromatic rings. The third-order valence-corrected chi connectivity index (χ3v) is 5.91. The van der Waals surface area contributed by atoms with Crippen molar-refractivity contribution in [2.24, 2.45) is 0 Å². The fourth-order valence-corrected chi connectivity index (χ4v) is 4.25. The summed E-state index contributed by atoms with van der Waals surface area (Å²) in [5.41, 5.74) is 1.38. The zero-order valence-electron chi connectivity index (χ0n) is 16.6. The minimum absolute atomic E-state index is 0. The second kappa shape index (κ2) is 11.1. The van der Waals surface area contributed by atoms with E-state index < -0.39 is 0 Å². The average Bonchev–Trinajstić information content (AvgIpc) is 3.21. The fraction of sp³-hybridized carbons (Fsp3) is 0.381. The Morgan fingerprint density at radius 2 is 1.86 bits per heavy atom. The number of rotatable bonds is 7. The van der Waals surface area contributed by atoms with Crippen molar-refractivity contribution in [3.8, 4) is 17.6 Å². The molecule has 2 heterocycles. The Bertz CT molecular complexity index is 870. The molecule has 0 unspecified atom stereocenters. The Morgan fingerprint density at radius 1 is 1.14 bits per heavy atom. The predicted octanol–water partition coefficient (Wildman–Crippen LogP) is 3.37. The fourth-order valence-electron chi connectivity index (χ4n) is 3.25. The Balaban J connectivity index is 0.00000300. The van der Waals surface area contributed by atoms with E-state index in [1.807, 2.05) is 24.3 Å². The molecule has 0 bridgehead atoms. The number of methoxy groups -OCH3 is 2. The van der Waals surface area contributed by atoms with E-state index in [9.17, 15) is 5.26 Å². The SMILES string of the molecule is COc1ccc(/C(C#N)=C/c2ccc(N3CCN(CCO)CC3)s2)cc1OC.Cl. The van der Waals surface area contributed by atoms with Crippen LogP contribution in [0.4, 0.5) is 5.00 Å². The third kappa shape index (κ3) is 5.64. The van der Waals surface area contributed by atoms with E-state index in [0.717, 1.165) is 43.2 Å². The van der Waals surface area contributed by atoms with Crippen molar-refractivity contribution < 1.29 is 14.6 Å². The summed E-state index contributed by atoms with van der Waals surface area (Å²) in [6.07, 6.45) is 1.91. The predicted molar refractivity (Wildman–Crippen MR) is 120 cm³/mol. The van der Waals surface area contributed by atoms with Crippen LogP contribution in [0.2, 0.25) is 0 Å². The van der Waals surface area contributed by atoms with Gasteiger partial charge in [-0.2, -0.15) is 5.26 Å². The summed E-state index contributed by atoms with van der Waals surface area (Å²) in [4.78, 5) is 5.67. The van der Waals surface area contributed by atoms with Gasteiger partial charge in [0, 0.05) is 37.6 Å². The van der Waals surface area contributed by atoms with Crippen LogP contribution in [0.15, 0.2) is 30.3 Å². The monoisotopic (exact) mass is 435 g/mol. The van der Waals surface area contributed by atoms with Gasteiger partial charge in [0.2, 0.25) is 0 Å². The molecule has 1 fully saturated rings. The molecule has 1 saturated heterocycles. The van der Waals surface area contributed by atoms with Gasteiger partial charge in [0.1, 0.15) is 0 Å². The maximum atomic E-state index is 9.64. The first-order valence-electron chi connectivity index (χ1n) is 9.20. The molecular weight excluding hydrogens is 410 g/mol. The minimum atomic E-state index is 0. The Morgan fingerprint density at radius 3 is 2.48 bits per heavy atom. The molecule has 0 radical (unpaired) electrons. The first kappa shape index (κ1) is 23.0. The van der Waals surface area contributed by atoms with E-state index in [2.05, 4.69) is 28.0 Å². The van der Waals surface area contributed by atoms with Gasteiger partial charge < -0.3 is 19.5 Å². The van der Waals surface area contributed by atoms with Gasteiger partial charge in [-0.25, -0.2) is 0 Å². The molecule has 8 heteroatoms. The number of hydrogen-bond donors (Lipinski definition) is 1. The highest BCUT2D eigenvalue weighted by Gasteiger charge is 2.18. The van der Waals surface area contributed by atoms with E-state index in [1.165, 1.54) is 5.00 Å². The Kier molecular flexibility index (Phi) is 8.80. The number of β-amino-alcohol motifs (C(OH)–C–C–N with tert-alkyl or cyclic N) is 1. The smallest absolute Gasteiger partial charge is 0.161 e. The number of benzene rings is 1. The van der Waals surface area contributed by atoms with E-state index in [1.54, 1.807) is 25.6 Å². The standard InChI is InChI=1S/C21H25N3O3S.ClH/c1-26-19-5-3-16(14-20(19)27-2)17(15-22)13-18-4-6-21(28-18)24-9-7-23(8-10-24)11-12-25;/h3-6,13-14,25H,7-12H2,1-2H3;1H/b17-13+;. The number of ether oxygens (including phenoxy) is 2. The summed E-state index contributed by atoms with van der Waals surface area (Å²) in [5.74, 6) is 1.25. The van der Waals surface area contributed by atoms with Crippen molar-refractivity contribution in [1.82, 2.24) is 4.90 Å². The van der Waals surface area contributed by atoms with Gasteiger partial charge >= 0.3 is 0 Å². The molecule has 1 aromatic heterocycles. The molecule has 156 valence electrons. The highest BCUT2D eigenvalue weighted by Crippen LogP contribution is 2.33. The lowest BCUT2D eigenvalue weighted by atomic mass is 10.1. The molecule has 0 amide bonds. The molecular formula is C21H26ClN3O3S. The summed E-state index contributed by atoms with van der Waals surface area (Å²) in [6.45, 7) is 4.76. The third-order valence-electron chi connectivity index (χ3n) is 4.81. The van der Waals surface area contributed by atoms with Gasteiger partial charge in [0.05, 0.1) is 37.5 Å². The number of aliphatic hydroxyl groups excluding tert-OH is 1. The van der Waals surface area contributed by atoms with Crippen molar-refractivity contribution in [3.05, 3.63) is 40.8 Å². The largest absolute Gasteiger partial charge is 0.493 e. The average molecular weight is 436 g/mol. The molecule has 0 aliphatic carbocycles. The molecule has 0 atom stereocenters. The summed E-state index contributed by atoms with van der Waals surface area (Å²) in [7, 11) is 3.18. The molecule has 1 aromatic carbocycles. The highest BCUT2D eigenvalue weighted by molar-refractivity contribution is 7.17. The van der Waals surface area contributed by atoms with Crippen molar-refractivity contribution >= 4 is 40.4 Å². The lowest BCUT2D eigenvalue weighted by Gasteiger charge is -2.34. The van der Waals surface area contributed by atoms with E-state index >= 15 is 0 Å². The van der Waals surface area contributed by atoms with E-state index in [4.69, 9.17) is 14.6 Å². The number of aliphatic hydroxyl groups is 1. The number of piperazine rings is 1. The molecule has 1 aliphatic rings. The van der Waals surface area contributed by atoms with Crippen LogP contribution in [-0.4, -0.2) is 63.6 Å². The van der Waals surface area contributed by atoms with Crippen LogP contribution in [0.1, 0.15) is 10.4 Å². The van der Waals surface area contributed by atoms with Crippen LogP contribution in [0.25, 0.3) is 11.6 Å². The molecule has 0 saturated carbocycles. The summed E-state index contributed by atoms with van der Waals surface area (Å²) in [6, 6.07) is 12.0. The maximum Gasteiger partial charge on any atom is 0.161 e. The first-order chi connectivity index (χ1) is 13.7. The van der Waals surface area contributed by atoms with Crippen LogP contribution >= 0.6 is 23.7 Å². The van der Waals surface area contributed by atoms with Crippen LogP contribution in [-0.2, 0) is 0 Å². The van der Waals surface area contributed by atoms with Crippen LogP contribution in [0.5, 0.6) is 11.5 Å². The molecule has 6 nitrogen and oxygen atoms in total. The second-order valence-electron chi connectivity index (χ2n) is 6.47. The second-order valence-corrected chi connectivity index (χ2v) is 7.56. The van der Waals surface area contributed by atoms with Gasteiger partial charge in [0.25, 0.3) is 0 Å². The number of allylic oxidation sites excluding steroid dienone is 1. The highest BCUT2D eigenvalue weighted by atomic mass is 35.5. The maximum absolute atomic E-state index is 9.64. The lowest BCUT2D eigenvalue weighted by molar-refractivity contribution is 0.189. The van der Waals surface area contributed by atoms with E-state index in [0.29, 0.717) is 17.1 Å². The van der Waals surface area contributed by atoms with Gasteiger partial charge in [-0.3, -0.25) is 4.90 Å². The van der Waals surface area contributed by atoms with E-state index in [-0.39, 0.29) is 19.0 Å². The first-order valence-corrected chi connectivity index (χ1v) is 10.0. The number of thiophene rings is 1. The normalized spacial score (nSPS) is 14.8. The van der Waals surface area contributed by atoms with Gasteiger partial charge in [-0.05, 0) is 42.0 Å². The zero-order chi connectivity index (χ0) is 19.9. The van der Waals surface area contributed by atoms with Gasteiger partial charge in [-0.15, -0.1) is 23.7 Å². The van der Waals surface area contributed by atoms with Crippen LogP contribution in [0, 0.1) is 11.3 Å². The number of nitriles is 1. The minimum Gasteiger partial charge on any atom is -0.493 e. The summed E-state index contributed by atoms with van der Waals surface area (Å²) >= 11 is 1.68. The molecule has 1 N–H and O–H groups in total.